The summed E-state index contributed by atoms with van der Waals surface area (Å²) >= 11 is 0. The van der Waals surface area contributed by atoms with Gasteiger partial charge >= 0.3 is 5.97 Å². The van der Waals surface area contributed by atoms with E-state index in [4.69, 9.17) is 14.2 Å². The maximum absolute atomic E-state index is 12.0. The second-order valence-corrected chi connectivity index (χ2v) is 11.2. The van der Waals surface area contributed by atoms with E-state index in [1.165, 1.54) is 30.4 Å². The van der Waals surface area contributed by atoms with Gasteiger partial charge in [0.2, 0.25) is 6.79 Å². The number of allylic oxidation sites excluding steroid dienone is 1. The SMILES string of the molecule is CCCCCCC(O)C/C=C/CCCCCCCC(=O)OCOc1ccc(C(C)(C)c2ccc(OC)cc2)cc1. The monoisotopic (exact) mass is 552 g/mol. The molecule has 0 aliphatic rings. The van der Waals surface area contributed by atoms with Gasteiger partial charge in [0.1, 0.15) is 11.5 Å². The van der Waals surface area contributed by atoms with Crippen molar-refractivity contribution in [3.63, 3.8) is 0 Å². The van der Waals surface area contributed by atoms with Crippen molar-refractivity contribution in [1.82, 2.24) is 0 Å². The fourth-order valence-electron chi connectivity index (χ4n) is 4.74. The molecule has 0 saturated heterocycles. The normalized spacial score (nSPS) is 12.4. The van der Waals surface area contributed by atoms with Crippen molar-refractivity contribution in [3.05, 3.63) is 71.8 Å². The molecule has 0 fully saturated rings. The van der Waals surface area contributed by atoms with Gasteiger partial charge in [0.15, 0.2) is 0 Å². The minimum absolute atomic E-state index is 0.0696. The van der Waals surface area contributed by atoms with Crippen LogP contribution in [0.4, 0.5) is 0 Å². The van der Waals surface area contributed by atoms with Crippen LogP contribution in [0.3, 0.4) is 0 Å². The minimum Gasteiger partial charge on any atom is -0.497 e. The average molecular weight is 553 g/mol. The van der Waals surface area contributed by atoms with Crippen LogP contribution in [0.15, 0.2) is 60.7 Å². The molecule has 5 heteroatoms. The molecule has 5 nitrogen and oxygen atoms in total. The summed E-state index contributed by atoms with van der Waals surface area (Å²) in [7, 11) is 1.67. The van der Waals surface area contributed by atoms with Gasteiger partial charge in [-0.05, 0) is 67.5 Å². The van der Waals surface area contributed by atoms with Crippen molar-refractivity contribution < 1.29 is 24.1 Å². The first-order valence-corrected chi connectivity index (χ1v) is 15.2. The van der Waals surface area contributed by atoms with E-state index in [0.29, 0.717) is 12.2 Å². The lowest BCUT2D eigenvalue weighted by Crippen LogP contribution is -2.18. The lowest BCUT2D eigenvalue weighted by atomic mass is 9.78. The van der Waals surface area contributed by atoms with E-state index >= 15 is 0 Å². The number of hydrogen-bond donors (Lipinski definition) is 1. The quantitative estimate of drug-likeness (QED) is 0.0725. The molecule has 0 heterocycles. The van der Waals surface area contributed by atoms with Crippen LogP contribution in [-0.2, 0) is 14.9 Å². The second kappa shape index (κ2) is 19.3. The van der Waals surface area contributed by atoms with E-state index in [0.717, 1.165) is 63.5 Å². The third-order valence-electron chi connectivity index (χ3n) is 7.55. The number of aliphatic hydroxyl groups is 1. The minimum atomic E-state index is -0.214. The third-order valence-corrected chi connectivity index (χ3v) is 7.55. The number of ether oxygens (including phenoxy) is 3. The first-order valence-electron chi connectivity index (χ1n) is 15.2. The number of unbranched alkanes of at least 4 members (excludes halogenated alkanes) is 8. The Kier molecular flexibility index (Phi) is 16.1. The van der Waals surface area contributed by atoms with Gasteiger partial charge < -0.3 is 19.3 Å². The largest absolute Gasteiger partial charge is 0.497 e. The summed E-state index contributed by atoms with van der Waals surface area (Å²) in [6.45, 7) is 6.51. The molecule has 1 N–H and O–H groups in total. The first kappa shape index (κ1) is 33.4. The zero-order chi connectivity index (χ0) is 29.1. The first-order chi connectivity index (χ1) is 19.4. The Morgan fingerprint density at radius 1 is 0.825 bits per heavy atom. The summed E-state index contributed by atoms with van der Waals surface area (Å²) in [5.41, 5.74) is 2.21. The zero-order valence-electron chi connectivity index (χ0n) is 25.3. The maximum atomic E-state index is 12.0. The Hall–Kier alpha value is -2.79. The molecule has 0 bridgehead atoms. The molecule has 0 saturated carbocycles. The number of carbonyl (C=O) groups excluding carboxylic acids is 1. The second-order valence-electron chi connectivity index (χ2n) is 11.2. The van der Waals surface area contributed by atoms with Crippen LogP contribution in [0.5, 0.6) is 11.5 Å². The van der Waals surface area contributed by atoms with E-state index in [-0.39, 0.29) is 24.3 Å². The van der Waals surface area contributed by atoms with E-state index in [2.05, 4.69) is 57.2 Å². The van der Waals surface area contributed by atoms with Crippen LogP contribution in [0.2, 0.25) is 0 Å². The number of methoxy groups -OCH3 is 1. The van der Waals surface area contributed by atoms with Gasteiger partial charge in [0.25, 0.3) is 0 Å². The Labute approximate surface area is 242 Å². The fraction of sp³-hybridized carbons (Fsp3) is 0.571. The molecule has 0 amide bonds. The summed E-state index contributed by atoms with van der Waals surface area (Å²) in [4.78, 5) is 12.0. The average Bonchev–Trinajstić information content (AvgIpc) is 2.96. The highest BCUT2D eigenvalue weighted by Crippen LogP contribution is 2.33. The van der Waals surface area contributed by atoms with Crippen LogP contribution in [0, 0.1) is 0 Å². The van der Waals surface area contributed by atoms with Crippen molar-refractivity contribution in [1.29, 1.82) is 0 Å². The van der Waals surface area contributed by atoms with Crippen molar-refractivity contribution in [2.45, 2.75) is 116 Å². The molecule has 0 aliphatic heterocycles. The van der Waals surface area contributed by atoms with Gasteiger partial charge in [-0.25, -0.2) is 0 Å². The van der Waals surface area contributed by atoms with Crippen LogP contribution < -0.4 is 9.47 Å². The molecule has 1 atom stereocenters. The Bertz CT molecular complexity index is 962. The molecule has 1 unspecified atom stereocenters. The Balaban J connectivity index is 1.52. The molecule has 2 aromatic carbocycles. The van der Waals surface area contributed by atoms with Crippen molar-refractivity contribution in [3.8, 4) is 11.5 Å². The van der Waals surface area contributed by atoms with E-state index < -0.39 is 0 Å². The summed E-state index contributed by atoms with van der Waals surface area (Å²) in [6.07, 6.45) is 17.4. The smallest absolute Gasteiger partial charge is 0.308 e. The highest BCUT2D eigenvalue weighted by Gasteiger charge is 2.23. The van der Waals surface area contributed by atoms with Gasteiger partial charge in [0, 0.05) is 11.8 Å². The van der Waals surface area contributed by atoms with Gasteiger partial charge in [-0.3, -0.25) is 4.79 Å². The maximum Gasteiger partial charge on any atom is 0.308 e. The van der Waals surface area contributed by atoms with Crippen LogP contribution >= 0.6 is 0 Å². The molecule has 40 heavy (non-hydrogen) atoms. The number of esters is 1. The van der Waals surface area contributed by atoms with E-state index in [9.17, 15) is 9.90 Å². The standard InChI is InChI=1S/C35H52O5/c1-5-6-7-14-17-31(36)18-15-12-10-8-9-11-13-16-19-34(37)40-28-39-33-26-22-30(23-27-33)35(2,3)29-20-24-32(38-4)25-21-29/h12,15,20-27,31,36H,5-11,13-14,16-19,28H2,1-4H3/b15-12+. The van der Waals surface area contributed by atoms with E-state index in [1.807, 2.05) is 24.3 Å². The predicted octanol–water partition coefficient (Wildman–Crippen LogP) is 8.91. The molecule has 222 valence electrons. The molecule has 0 spiro atoms. The van der Waals surface area contributed by atoms with Crippen LogP contribution in [-0.4, -0.2) is 31.1 Å². The highest BCUT2D eigenvalue weighted by molar-refractivity contribution is 5.69. The Morgan fingerprint density at radius 2 is 1.43 bits per heavy atom. The van der Waals surface area contributed by atoms with Gasteiger partial charge in [-0.1, -0.05) is 102 Å². The summed E-state index contributed by atoms with van der Waals surface area (Å²) in [6, 6.07) is 16.1. The van der Waals surface area contributed by atoms with Crippen molar-refractivity contribution in [2.75, 3.05) is 13.9 Å². The fourth-order valence-corrected chi connectivity index (χ4v) is 4.74. The molecule has 0 aliphatic carbocycles. The molecule has 2 rings (SSSR count). The number of carbonyl (C=O) groups is 1. The summed E-state index contributed by atoms with van der Waals surface area (Å²) in [5, 5.41) is 9.99. The Morgan fingerprint density at radius 3 is 2.08 bits per heavy atom. The van der Waals surface area contributed by atoms with E-state index in [1.54, 1.807) is 7.11 Å². The van der Waals surface area contributed by atoms with Gasteiger partial charge in [-0.2, -0.15) is 0 Å². The topological polar surface area (TPSA) is 65.0 Å². The highest BCUT2D eigenvalue weighted by atomic mass is 16.7. The van der Waals surface area contributed by atoms with Crippen LogP contribution in [0.25, 0.3) is 0 Å². The van der Waals surface area contributed by atoms with Crippen LogP contribution in [0.1, 0.15) is 115 Å². The number of hydrogen-bond acceptors (Lipinski definition) is 5. The lowest BCUT2D eigenvalue weighted by Gasteiger charge is -2.26. The summed E-state index contributed by atoms with van der Waals surface area (Å²) in [5.74, 6) is 1.31. The van der Waals surface area contributed by atoms with Crippen molar-refractivity contribution in [2.24, 2.45) is 0 Å². The van der Waals surface area contributed by atoms with Crippen molar-refractivity contribution >= 4 is 5.97 Å². The van der Waals surface area contributed by atoms with Gasteiger partial charge in [-0.15, -0.1) is 0 Å². The number of benzene rings is 2. The molecule has 0 aromatic heterocycles. The third kappa shape index (κ3) is 13.0. The number of rotatable bonds is 21. The van der Waals surface area contributed by atoms with Gasteiger partial charge in [0.05, 0.1) is 13.2 Å². The zero-order valence-corrected chi connectivity index (χ0v) is 25.3. The summed E-state index contributed by atoms with van der Waals surface area (Å²) < 4.78 is 16.2. The molecule has 2 aromatic rings. The molecule has 0 radical (unpaired) electrons. The number of aliphatic hydroxyl groups excluding tert-OH is 1. The molecular formula is C35H52O5. The molecular weight excluding hydrogens is 500 g/mol. The predicted molar refractivity (Wildman–Crippen MR) is 164 cm³/mol. The lowest BCUT2D eigenvalue weighted by molar-refractivity contribution is -0.150.